The average Bonchev–Trinajstić information content (AvgIpc) is 2.78. The third-order valence-electron chi connectivity index (χ3n) is 3.22. The summed E-state index contributed by atoms with van der Waals surface area (Å²) in [5.74, 6) is -1.19. The van der Waals surface area contributed by atoms with Gasteiger partial charge in [-0.2, -0.15) is 0 Å². The molecule has 1 aliphatic carbocycles. The largest absolute Gasteiger partial charge is 0.481 e. The Kier molecular flexibility index (Phi) is 3.59. The fourth-order valence-electron chi connectivity index (χ4n) is 2.29. The fourth-order valence-corrected chi connectivity index (χ4v) is 2.29. The van der Waals surface area contributed by atoms with E-state index in [0.29, 0.717) is 12.8 Å². The average molecular weight is 232 g/mol. The van der Waals surface area contributed by atoms with Gasteiger partial charge in [0.05, 0.1) is 12.0 Å². The molecular formula is C14H16O3. The van der Waals surface area contributed by atoms with E-state index < -0.39 is 18.0 Å². The van der Waals surface area contributed by atoms with Gasteiger partial charge in [0.15, 0.2) is 0 Å². The number of hydrogen-bond acceptors (Lipinski definition) is 2. The standard InChI is InChI=1S/C14H16O3/c15-13(10-5-2-1-3-6-10)9-11-7-4-8-12(11)14(16)17/h1-3,5-7,12-13,15H,4,8-9H2,(H,16,17). The summed E-state index contributed by atoms with van der Waals surface area (Å²) in [5, 5.41) is 19.1. The zero-order valence-corrected chi connectivity index (χ0v) is 9.54. The van der Waals surface area contributed by atoms with Gasteiger partial charge in [-0.3, -0.25) is 4.79 Å². The number of aliphatic hydroxyl groups excluding tert-OH is 1. The minimum Gasteiger partial charge on any atom is -0.481 e. The van der Waals surface area contributed by atoms with E-state index in [1.54, 1.807) is 0 Å². The van der Waals surface area contributed by atoms with Crippen molar-refractivity contribution in [3.63, 3.8) is 0 Å². The van der Waals surface area contributed by atoms with Crippen LogP contribution >= 0.6 is 0 Å². The topological polar surface area (TPSA) is 57.5 Å². The van der Waals surface area contributed by atoms with Gasteiger partial charge in [-0.05, 0) is 24.8 Å². The van der Waals surface area contributed by atoms with E-state index in [0.717, 1.165) is 17.6 Å². The molecule has 0 saturated carbocycles. The van der Waals surface area contributed by atoms with E-state index in [2.05, 4.69) is 0 Å². The van der Waals surface area contributed by atoms with Crippen LogP contribution < -0.4 is 0 Å². The van der Waals surface area contributed by atoms with Crippen molar-refractivity contribution in [1.29, 1.82) is 0 Å². The molecule has 0 aliphatic heterocycles. The van der Waals surface area contributed by atoms with Crippen molar-refractivity contribution in [2.24, 2.45) is 5.92 Å². The summed E-state index contributed by atoms with van der Waals surface area (Å²) in [4.78, 5) is 11.0. The SMILES string of the molecule is O=C(O)C1CCC=C1CC(O)c1ccccc1. The van der Waals surface area contributed by atoms with Gasteiger partial charge < -0.3 is 10.2 Å². The molecule has 0 bridgehead atoms. The van der Waals surface area contributed by atoms with E-state index in [4.69, 9.17) is 5.11 Å². The van der Waals surface area contributed by atoms with Gasteiger partial charge in [0.25, 0.3) is 0 Å². The van der Waals surface area contributed by atoms with Crippen molar-refractivity contribution in [2.45, 2.75) is 25.4 Å². The van der Waals surface area contributed by atoms with Crippen molar-refractivity contribution < 1.29 is 15.0 Å². The lowest BCUT2D eigenvalue weighted by atomic mass is 9.94. The highest BCUT2D eigenvalue weighted by Gasteiger charge is 2.27. The van der Waals surface area contributed by atoms with E-state index in [9.17, 15) is 9.90 Å². The number of hydrogen-bond donors (Lipinski definition) is 2. The van der Waals surface area contributed by atoms with E-state index >= 15 is 0 Å². The van der Waals surface area contributed by atoms with Crippen molar-refractivity contribution in [3.8, 4) is 0 Å². The van der Waals surface area contributed by atoms with Crippen LogP contribution in [0.25, 0.3) is 0 Å². The predicted molar refractivity (Wildman–Crippen MR) is 64.5 cm³/mol. The van der Waals surface area contributed by atoms with Crippen LogP contribution in [0, 0.1) is 5.92 Å². The van der Waals surface area contributed by atoms with Crippen LogP contribution in [-0.2, 0) is 4.79 Å². The highest BCUT2D eigenvalue weighted by atomic mass is 16.4. The maximum Gasteiger partial charge on any atom is 0.310 e. The molecule has 0 saturated heterocycles. The number of carboxylic acids is 1. The number of carboxylic acid groups (broad SMARTS) is 1. The molecule has 0 amide bonds. The summed E-state index contributed by atoms with van der Waals surface area (Å²) in [5.41, 5.74) is 1.69. The quantitative estimate of drug-likeness (QED) is 0.784. The molecule has 90 valence electrons. The molecule has 1 aliphatic rings. The number of allylic oxidation sites excluding steroid dienone is 1. The Hall–Kier alpha value is -1.61. The predicted octanol–water partition coefficient (Wildman–Crippen LogP) is 2.53. The summed E-state index contributed by atoms with van der Waals surface area (Å²) in [6.45, 7) is 0. The second kappa shape index (κ2) is 5.15. The molecule has 0 radical (unpaired) electrons. The smallest absolute Gasteiger partial charge is 0.310 e. The van der Waals surface area contributed by atoms with Gasteiger partial charge in [-0.25, -0.2) is 0 Å². The summed E-state index contributed by atoms with van der Waals surface area (Å²) in [6.07, 6.45) is 3.22. The first-order chi connectivity index (χ1) is 8.18. The van der Waals surface area contributed by atoms with Gasteiger partial charge in [0.1, 0.15) is 0 Å². The third-order valence-corrected chi connectivity index (χ3v) is 3.22. The fraction of sp³-hybridized carbons (Fsp3) is 0.357. The van der Waals surface area contributed by atoms with Crippen LogP contribution in [0.2, 0.25) is 0 Å². The molecule has 0 heterocycles. The summed E-state index contributed by atoms with van der Waals surface area (Å²) in [6, 6.07) is 9.35. The molecule has 1 aromatic rings. The van der Waals surface area contributed by atoms with Crippen LogP contribution in [-0.4, -0.2) is 16.2 Å². The second-order valence-corrected chi connectivity index (χ2v) is 4.38. The van der Waals surface area contributed by atoms with Crippen LogP contribution in [0.4, 0.5) is 0 Å². The first-order valence-electron chi connectivity index (χ1n) is 5.83. The molecule has 2 rings (SSSR count). The van der Waals surface area contributed by atoms with Gasteiger partial charge in [0, 0.05) is 0 Å². The molecule has 17 heavy (non-hydrogen) atoms. The van der Waals surface area contributed by atoms with Gasteiger partial charge in [0.2, 0.25) is 0 Å². The van der Waals surface area contributed by atoms with Crippen LogP contribution in [0.15, 0.2) is 42.0 Å². The van der Waals surface area contributed by atoms with Crippen molar-refractivity contribution >= 4 is 5.97 Å². The normalized spacial score (nSPS) is 21.0. The van der Waals surface area contributed by atoms with Gasteiger partial charge in [-0.1, -0.05) is 42.0 Å². The van der Waals surface area contributed by atoms with Crippen molar-refractivity contribution in [3.05, 3.63) is 47.5 Å². The number of benzene rings is 1. The van der Waals surface area contributed by atoms with E-state index in [-0.39, 0.29) is 0 Å². The molecule has 1 aromatic carbocycles. The van der Waals surface area contributed by atoms with E-state index in [1.165, 1.54) is 0 Å². The minimum atomic E-state index is -0.783. The third kappa shape index (κ3) is 2.74. The lowest BCUT2D eigenvalue weighted by molar-refractivity contribution is -0.140. The van der Waals surface area contributed by atoms with Crippen molar-refractivity contribution in [2.75, 3.05) is 0 Å². The zero-order chi connectivity index (χ0) is 12.3. The molecule has 3 heteroatoms. The molecule has 0 spiro atoms. The Morgan fingerprint density at radius 3 is 2.71 bits per heavy atom. The lowest BCUT2D eigenvalue weighted by Crippen LogP contribution is -2.14. The summed E-state index contributed by atoms with van der Waals surface area (Å²) >= 11 is 0. The second-order valence-electron chi connectivity index (χ2n) is 4.38. The van der Waals surface area contributed by atoms with Gasteiger partial charge >= 0.3 is 5.97 Å². The highest BCUT2D eigenvalue weighted by molar-refractivity contribution is 5.74. The maximum atomic E-state index is 11.0. The molecule has 2 unspecified atom stereocenters. The number of rotatable bonds is 4. The first kappa shape index (κ1) is 11.9. The van der Waals surface area contributed by atoms with Crippen LogP contribution in [0.3, 0.4) is 0 Å². The van der Waals surface area contributed by atoms with Crippen LogP contribution in [0.1, 0.15) is 30.9 Å². The lowest BCUT2D eigenvalue weighted by Gasteiger charge is -2.15. The molecule has 0 aromatic heterocycles. The van der Waals surface area contributed by atoms with Gasteiger partial charge in [-0.15, -0.1) is 0 Å². The van der Waals surface area contributed by atoms with Crippen molar-refractivity contribution in [1.82, 2.24) is 0 Å². The Bertz CT molecular complexity index is 422. The molecule has 2 atom stereocenters. The monoisotopic (exact) mass is 232 g/mol. The zero-order valence-electron chi connectivity index (χ0n) is 9.54. The maximum absolute atomic E-state index is 11.0. The Labute approximate surface area is 100 Å². The number of aliphatic hydroxyl groups is 1. The minimum absolute atomic E-state index is 0.409. The van der Waals surface area contributed by atoms with E-state index in [1.807, 2.05) is 36.4 Å². The number of carbonyl (C=O) groups is 1. The molecular weight excluding hydrogens is 216 g/mol. The van der Waals surface area contributed by atoms with Crippen LogP contribution in [0.5, 0.6) is 0 Å². The Morgan fingerprint density at radius 1 is 1.35 bits per heavy atom. The first-order valence-corrected chi connectivity index (χ1v) is 5.83. The Balaban J connectivity index is 2.04. The molecule has 2 N–H and O–H groups in total. The number of aliphatic carboxylic acids is 1. The Morgan fingerprint density at radius 2 is 2.06 bits per heavy atom. The molecule has 0 fully saturated rings. The molecule has 3 nitrogen and oxygen atoms in total. The summed E-state index contributed by atoms with van der Waals surface area (Å²) in [7, 11) is 0. The highest BCUT2D eigenvalue weighted by Crippen LogP contribution is 2.33. The summed E-state index contributed by atoms with van der Waals surface area (Å²) < 4.78 is 0.